The van der Waals surface area contributed by atoms with Crippen molar-refractivity contribution in [1.82, 2.24) is 0 Å². The second kappa shape index (κ2) is 16.9. The van der Waals surface area contributed by atoms with E-state index in [1.165, 1.54) is 25.3 Å². The number of hydrogen-bond acceptors (Lipinski definition) is 22. The molecule has 0 spiro atoms. The molecule has 1 aromatic heterocycles. The lowest BCUT2D eigenvalue weighted by atomic mass is 9.98. The summed E-state index contributed by atoms with van der Waals surface area (Å²) in [4.78, 5) is 14.2. The van der Waals surface area contributed by atoms with E-state index < -0.39 is 140 Å². The lowest BCUT2D eigenvalue weighted by Crippen LogP contribution is -2.62. The Labute approximate surface area is 314 Å². The number of benzene rings is 2. The first kappa shape index (κ1) is 41.7. The summed E-state index contributed by atoms with van der Waals surface area (Å²) in [6.07, 6.45) is -26.2. The second-order valence-corrected chi connectivity index (χ2v) is 13.3. The van der Waals surface area contributed by atoms with Gasteiger partial charge in [0.15, 0.2) is 23.5 Å². The summed E-state index contributed by atoms with van der Waals surface area (Å²) in [6, 6.07) is 5.68. The van der Waals surface area contributed by atoms with E-state index in [1.54, 1.807) is 0 Å². The number of phenols is 2. The van der Waals surface area contributed by atoms with Crippen LogP contribution in [0.2, 0.25) is 0 Å². The van der Waals surface area contributed by atoms with E-state index in [1.807, 2.05) is 0 Å². The van der Waals surface area contributed by atoms with Crippen molar-refractivity contribution in [3.63, 3.8) is 0 Å². The van der Waals surface area contributed by atoms with Gasteiger partial charge in [-0.1, -0.05) is 0 Å². The van der Waals surface area contributed by atoms with Crippen LogP contribution < -0.4 is 19.6 Å². The largest absolute Gasteiger partial charge is 0.507 e. The Bertz CT molecular complexity index is 1880. The standard InChI is InChI=1S/C34H42O22/c1-49-14-4-10(2-3-12(14)37)30-31(23(42)19-13(38)5-11(6-15(19)52-30)51-33-28(47)25(44)21(40)17(8-36)54-33)56-34-29(48)26(45)22(41)18(55-34)9-50-32-27(46)24(43)20(39)16(7-35)53-32/h2-6,16-18,20-22,24-29,32-41,43-48H,7-9H2,1H3. The Balaban J connectivity index is 1.34. The Morgan fingerprint density at radius 1 is 0.625 bits per heavy atom. The SMILES string of the molecule is COc1cc(-c2oc3cc(OC4OC(CO)C(O)C(O)C4O)cc(O)c3c(=O)c2OC2OC(COC3OC(CO)C(O)C(O)C3O)C(O)C(O)C2O)ccc1O. The highest BCUT2D eigenvalue weighted by atomic mass is 16.7. The summed E-state index contributed by atoms with van der Waals surface area (Å²) in [5, 5.41) is 133. The van der Waals surface area contributed by atoms with Gasteiger partial charge in [0.2, 0.25) is 23.8 Å². The third-order valence-electron chi connectivity index (χ3n) is 9.62. The summed E-state index contributed by atoms with van der Waals surface area (Å²) >= 11 is 0. The summed E-state index contributed by atoms with van der Waals surface area (Å²) < 4.78 is 44.4. The summed E-state index contributed by atoms with van der Waals surface area (Å²) in [5.74, 6) is -2.69. The smallest absolute Gasteiger partial charge is 0.239 e. The molecule has 56 heavy (non-hydrogen) atoms. The molecule has 3 saturated heterocycles. The van der Waals surface area contributed by atoms with Gasteiger partial charge < -0.3 is 104 Å². The maximum atomic E-state index is 14.2. The van der Waals surface area contributed by atoms with Gasteiger partial charge in [-0.15, -0.1) is 0 Å². The van der Waals surface area contributed by atoms with Crippen LogP contribution in [0.4, 0.5) is 0 Å². The molecular formula is C34H42O22. The molecule has 0 amide bonds. The molecule has 15 atom stereocenters. The number of phenolic OH excluding ortho intramolecular Hbond substituents is 2. The molecule has 13 N–H and O–H groups in total. The highest BCUT2D eigenvalue weighted by molar-refractivity contribution is 5.88. The molecule has 4 heterocycles. The molecule has 0 bridgehead atoms. The van der Waals surface area contributed by atoms with Crippen molar-refractivity contribution in [2.24, 2.45) is 0 Å². The quantitative estimate of drug-likeness (QED) is 0.0863. The van der Waals surface area contributed by atoms with Crippen molar-refractivity contribution in [3.8, 4) is 40.1 Å². The van der Waals surface area contributed by atoms with Crippen molar-refractivity contribution >= 4 is 11.0 Å². The highest BCUT2D eigenvalue weighted by Gasteiger charge is 2.49. The zero-order valence-electron chi connectivity index (χ0n) is 29.2. The molecule has 3 aliphatic rings. The summed E-state index contributed by atoms with van der Waals surface area (Å²) in [6.45, 7) is -2.24. The number of methoxy groups -OCH3 is 1. The summed E-state index contributed by atoms with van der Waals surface area (Å²) in [7, 11) is 1.23. The highest BCUT2D eigenvalue weighted by Crippen LogP contribution is 2.40. The van der Waals surface area contributed by atoms with Gasteiger partial charge in [0.05, 0.1) is 26.9 Å². The Hall–Kier alpha value is -3.95. The molecular weight excluding hydrogens is 760 g/mol. The first-order valence-corrected chi connectivity index (χ1v) is 17.1. The minimum atomic E-state index is -2.06. The molecule has 0 saturated carbocycles. The van der Waals surface area contributed by atoms with Crippen molar-refractivity contribution in [3.05, 3.63) is 40.6 Å². The normalized spacial score (nSPS) is 36.3. The van der Waals surface area contributed by atoms with Crippen LogP contribution in [0.25, 0.3) is 22.3 Å². The average molecular weight is 803 g/mol. The third kappa shape index (κ3) is 7.83. The Morgan fingerprint density at radius 2 is 1.16 bits per heavy atom. The van der Waals surface area contributed by atoms with Crippen LogP contribution in [0.15, 0.2) is 39.5 Å². The molecule has 310 valence electrons. The predicted octanol–water partition coefficient (Wildman–Crippen LogP) is -4.94. The van der Waals surface area contributed by atoms with Crippen LogP contribution in [-0.4, -0.2) is 185 Å². The van der Waals surface area contributed by atoms with Gasteiger partial charge in [-0.3, -0.25) is 4.79 Å². The van der Waals surface area contributed by atoms with Crippen LogP contribution in [0.3, 0.4) is 0 Å². The zero-order valence-corrected chi connectivity index (χ0v) is 29.2. The molecule has 15 unspecified atom stereocenters. The van der Waals surface area contributed by atoms with Gasteiger partial charge in [-0.2, -0.15) is 0 Å². The number of aromatic hydroxyl groups is 2. The minimum absolute atomic E-state index is 0.00165. The van der Waals surface area contributed by atoms with Crippen LogP contribution >= 0.6 is 0 Å². The number of rotatable bonds is 11. The van der Waals surface area contributed by atoms with Crippen LogP contribution in [0.1, 0.15) is 0 Å². The van der Waals surface area contributed by atoms with E-state index >= 15 is 0 Å². The summed E-state index contributed by atoms with van der Waals surface area (Å²) in [5.41, 5.74) is -1.48. The van der Waals surface area contributed by atoms with Crippen LogP contribution in [-0.2, 0) is 18.9 Å². The van der Waals surface area contributed by atoms with Crippen LogP contribution in [0, 0.1) is 0 Å². The van der Waals surface area contributed by atoms with Gasteiger partial charge in [0, 0.05) is 17.7 Å². The fraction of sp³-hybridized carbons (Fsp3) is 0.559. The monoisotopic (exact) mass is 802 g/mol. The van der Waals surface area contributed by atoms with Crippen LogP contribution in [0.5, 0.6) is 28.7 Å². The first-order chi connectivity index (χ1) is 26.6. The van der Waals surface area contributed by atoms with Crippen molar-refractivity contribution in [1.29, 1.82) is 0 Å². The lowest BCUT2D eigenvalue weighted by Gasteiger charge is -2.42. The van der Waals surface area contributed by atoms with Gasteiger partial charge >= 0.3 is 0 Å². The van der Waals surface area contributed by atoms with Crippen molar-refractivity contribution < 1.29 is 104 Å². The molecule has 22 heteroatoms. The molecule has 3 aliphatic heterocycles. The van der Waals surface area contributed by atoms with Gasteiger partial charge in [0.25, 0.3) is 0 Å². The number of ether oxygens (including phenoxy) is 7. The molecule has 22 nitrogen and oxygen atoms in total. The van der Waals surface area contributed by atoms with E-state index in [4.69, 9.17) is 37.6 Å². The van der Waals surface area contributed by atoms with Crippen molar-refractivity contribution in [2.75, 3.05) is 26.9 Å². The number of aliphatic hydroxyl groups excluding tert-OH is 11. The maximum absolute atomic E-state index is 14.2. The van der Waals surface area contributed by atoms with E-state index in [0.29, 0.717) is 0 Å². The van der Waals surface area contributed by atoms with Gasteiger partial charge in [0.1, 0.15) is 95.7 Å². The number of aliphatic hydroxyl groups is 11. The first-order valence-electron chi connectivity index (χ1n) is 17.1. The van der Waals surface area contributed by atoms with E-state index in [2.05, 4.69) is 0 Å². The molecule has 0 aliphatic carbocycles. The van der Waals surface area contributed by atoms with E-state index in [0.717, 1.165) is 12.1 Å². The molecule has 6 rings (SSSR count). The molecule has 3 fully saturated rings. The van der Waals surface area contributed by atoms with E-state index in [-0.39, 0.29) is 28.4 Å². The fourth-order valence-electron chi connectivity index (χ4n) is 6.40. The van der Waals surface area contributed by atoms with Gasteiger partial charge in [-0.05, 0) is 18.2 Å². The molecule has 0 radical (unpaired) electrons. The third-order valence-corrected chi connectivity index (χ3v) is 9.62. The number of hydrogen-bond donors (Lipinski definition) is 13. The number of fused-ring (bicyclic) bond motifs is 1. The predicted molar refractivity (Wildman–Crippen MR) is 179 cm³/mol. The molecule has 2 aromatic carbocycles. The molecule has 3 aromatic rings. The topological polar surface area (TPSA) is 358 Å². The maximum Gasteiger partial charge on any atom is 0.239 e. The Kier molecular flexibility index (Phi) is 12.6. The van der Waals surface area contributed by atoms with E-state index in [9.17, 15) is 71.2 Å². The lowest BCUT2D eigenvalue weighted by molar-refractivity contribution is -0.323. The fourth-order valence-corrected chi connectivity index (χ4v) is 6.40. The van der Waals surface area contributed by atoms with Gasteiger partial charge in [-0.25, -0.2) is 0 Å². The van der Waals surface area contributed by atoms with Crippen molar-refractivity contribution in [2.45, 2.75) is 92.1 Å². The Morgan fingerprint density at radius 3 is 1.75 bits per heavy atom. The average Bonchev–Trinajstić information content (AvgIpc) is 3.18. The minimum Gasteiger partial charge on any atom is -0.507 e. The zero-order chi connectivity index (χ0) is 40.7. The second-order valence-electron chi connectivity index (χ2n) is 13.3.